The lowest BCUT2D eigenvalue weighted by Crippen LogP contribution is -2.24. The summed E-state index contributed by atoms with van der Waals surface area (Å²) in [7, 11) is 0. The van der Waals surface area contributed by atoms with E-state index in [4.69, 9.17) is 0 Å². The van der Waals surface area contributed by atoms with E-state index in [1.165, 1.54) is 36.8 Å². The van der Waals surface area contributed by atoms with Gasteiger partial charge in [-0.05, 0) is 42.7 Å². The molecule has 1 fully saturated rings. The molecule has 0 atom stereocenters. The zero-order valence-corrected chi connectivity index (χ0v) is 9.50. The van der Waals surface area contributed by atoms with Gasteiger partial charge in [0.2, 0.25) is 0 Å². The molecular formula is C14H20O. The molecule has 0 saturated heterocycles. The van der Waals surface area contributed by atoms with Crippen LogP contribution in [0.1, 0.15) is 36.8 Å². The van der Waals surface area contributed by atoms with Crippen molar-refractivity contribution in [2.24, 2.45) is 5.41 Å². The topological polar surface area (TPSA) is 20.2 Å². The van der Waals surface area contributed by atoms with Gasteiger partial charge in [0.25, 0.3) is 0 Å². The first kappa shape index (κ1) is 10.7. The summed E-state index contributed by atoms with van der Waals surface area (Å²) in [6.07, 6.45) is 6.00. The van der Waals surface area contributed by atoms with Crippen LogP contribution in [0.2, 0.25) is 0 Å². The molecule has 2 rings (SSSR count). The third-order valence-corrected chi connectivity index (χ3v) is 3.83. The SMILES string of the molecule is Cc1ccccc1CC1(CO)CCCC1. The smallest absolute Gasteiger partial charge is 0.0490 e. The molecule has 0 spiro atoms. The Bertz CT molecular complexity index is 324. The Labute approximate surface area is 92.1 Å². The van der Waals surface area contributed by atoms with Crippen molar-refractivity contribution in [1.82, 2.24) is 0 Å². The molecule has 1 saturated carbocycles. The molecular weight excluding hydrogens is 184 g/mol. The number of hydrogen-bond acceptors (Lipinski definition) is 1. The molecule has 0 amide bonds. The molecule has 0 unspecified atom stereocenters. The van der Waals surface area contributed by atoms with E-state index in [1.807, 2.05) is 0 Å². The van der Waals surface area contributed by atoms with Gasteiger partial charge in [-0.25, -0.2) is 0 Å². The monoisotopic (exact) mass is 204 g/mol. The number of aryl methyl sites for hydroxylation is 1. The standard InChI is InChI=1S/C14H20O/c1-12-6-2-3-7-13(12)10-14(11-15)8-4-5-9-14/h2-3,6-7,15H,4-5,8-11H2,1H3. The van der Waals surface area contributed by atoms with Crippen LogP contribution in [0, 0.1) is 12.3 Å². The van der Waals surface area contributed by atoms with Crippen molar-refractivity contribution in [3.63, 3.8) is 0 Å². The zero-order chi connectivity index (χ0) is 10.7. The number of aliphatic hydroxyl groups is 1. The second-order valence-electron chi connectivity index (χ2n) is 4.97. The van der Waals surface area contributed by atoms with Crippen molar-refractivity contribution in [3.05, 3.63) is 35.4 Å². The highest BCUT2D eigenvalue weighted by molar-refractivity contribution is 5.27. The van der Waals surface area contributed by atoms with Crippen molar-refractivity contribution in [2.45, 2.75) is 39.0 Å². The molecule has 1 aliphatic rings. The van der Waals surface area contributed by atoms with E-state index in [9.17, 15) is 5.11 Å². The van der Waals surface area contributed by atoms with E-state index in [0.29, 0.717) is 6.61 Å². The van der Waals surface area contributed by atoms with Gasteiger partial charge in [-0.2, -0.15) is 0 Å². The Hall–Kier alpha value is -0.820. The van der Waals surface area contributed by atoms with Crippen molar-refractivity contribution < 1.29 is 5.11 Å². The summed E-state index contributed by atoms with van der Waals surface area (Å²) in [5, 5.41) is 9.57. The van der Waals surface area contributed by atoms with Gasteiger partial charge in [0, 0.05) is 6.61 Å². The first-order chi connectivity index (χ1) is 7.26. The normalized spacial score (nSPS) is 19.3. The number of rotatable bonds is 3. The van der Waals surface area contributed by atoms with Gasteiger partial charge < -0.3 is 5.11 Å². The van der Waals surface area contributed by atoms with E-state index < -0.39 is 0 Å². The van der Waals surface area contributed by atoms with Crippen LogP contribution < -0.4 is 0 Å². The fraction of sp³-hybridized carbons (Fsp3) is 0.571. The fourth-order valence-electron chi connectivity index (χ4n) is 2.73. The maximum absolute atomic E-state index is 9.57. The summed E-state index contributed by atoms with van der Waals surface area (Å²) >= 11 is 0. The lowest BCUT2D eigenvalue weighted by molar-refractivity contribution is 0.130. The first-order valence-corrected chi connectivity index (χ1v) is 5.91. The van der Waals surface area contributed by atoms with E-state index in [0.717, 1.165) is 6.42 Å². The molecule has 0 heterocycles. The molecule has 1 aromatic rings. The van der Waals surface area contributed by atoms with Gasteiger partial charge in [0.1, 0.15) is 0 Å². The highest BCUT2D eigenvalue weighted by atomic mass is 16.3. The average Bonchev–Trinajstić information content (AvgIpc) is 2.71. The second kappa shape index (κ2) is 4.36. The van der Waals surface area contributed by atoms with Gasteiger partial charge in [-0.1, -0.05) is 37.1 Å². The third kappa shape index (κ3) is 2.23. The summed E-state index contributed by atoms with van der Waals surface area (Å²) in [5.74, 6) is 0. The first-order valence-electron chi connectivity index (χ1n) is 5.91. The highest BCUT2D eigenvalue weighted by Gasteiger charge is 2.33. The number of benzene rings is 1. The summed E-state index contributed by atoms with van der Waals surface area (Å²) < 4.78 is 0. The Morgan fingerprint density at radius 3 is 2.47 bits per heavy atom. The number of aliphatic hydroxyl groups excluding tert-OH is 1. The Morgan fingerprint density at radius 1 is 1.20 bits per heavy atom. The molecule has 1 aromatic carbocycles. The Kier molecular flexibility index (Phi) is 3.11. The van der Waals surface area contributed by atoms with Crippen molar-refractivity contribution in [3.8, 4) is 0 Å². The molecule has 82 valence electrons. The molecule has 0 radical (unpaired) electrons. The average molecular weight is 204 g/mol. The molecule has 0 aromatic heterocycles. The van der Waals surface area contributed by atoms with Crippen LogP contribution in [-0.2, 0) is 6.42 Å². The number of hydrogen-bond donors (Lipinski definition) is 1. The van der Waals surface area contributed by atoms with Crippen LogP contribution >= 0.6 is 0 Å². The largest absolute Gasteiger partial charge is 0.396 e. The summed E-state index contributed by atoms with van der Waals surface area (Å²) in [4.78, 5) is 0. The lowest BCUT2D eigenvalue weighted by atomic mass is 9.80. The molecule has 15 heavy (non-hydrogen) atoms. The second-order valence-corrected chi connectivity index (χ2v) is 4.97. The third-order valence-electron chi connectivity index (χ3n) is 3.83. The van der Waals surface area contributed by atoms with Crippen LogP contribution in [0.25, 0.3) is 0 Å². The van der Waals surface area contributed by atoms with Crippen molar-refractivity contribution >= 4 is 0 Å². The summed E-state index contributed by atoms with van der Waals surface area (Å²) in [5.41, 5.74) is 2.96. The molecule has 1 heteroatoms. The molecule has 1 aliphatic carbocycles. The zero-order valence-electron chi connectivity index (χ0n) is 9.50. The molecule has 0 bridgehead atoms. The molecule has 0 aliphatic heterocycles. The van der Waals surface area contributed by atoms with Crippen LogP contribution in [0.4, 0.5) is 0 Å². The van der Waals surface area contributed by atoms with Crippen LogP contribution in [0.15, 0.2) is 24.3 Å². The van der Waals surface area contributed by atoms with Crippen LogP contribution in [-0.4, -0.2) is 11.7 Å². The van der Waals surface area contributed by atoms with Crippen LogP contribution in [0.5, 0.6) is 0 Å². The molecule has 1 N–H and O–H groups in total. The summed E-state index contributed by atoms with van der Waals surface area (Å²) in [6.45, 7) is 2.51. The van der Waals surface area contributed by atoms with Crippen molar-refractivity contribution in [2.75, 3.05) is 6.61 Å². The predicted octanol–water partition coefficient (Wildman–Crippen LogP) is 3.09. The van der Waals surface area contributed by atoms with E-state index >= 15 is 0 Å². The lowest BCUT2D eigenvalue weighted by Gasteiger charge is -2.27. The quantitative estimate of drug-likeness (QED) is 0.802. The minimum atomic E-state index is 0.187. The van der Waals surface area contributed by atoms with Crippen molar-refractivity contribution in [1.29, 1.82) is 0 Å². The summed E-state index contributed by atoms with van der Waals surface area (Å²) in [6, 6.07) is 8.54. The van der Waals surface area contributed by atoms with E-state index in [-0.39, 0.29) is 5.41 Å². The van der Waals surface area contributed by atoms with E-state index in [1.54, 1.807) is 0 Å². The predicted molar refractivity (Wildman–Crippen MR) is 62.9 cm³/mol. The Morgan fingerprint density at radius 2 is 1.87 bits per heavy atom. The minimum Gasteiger partial charge on any atom is -0.396 e. The fourth-order valence-corrected chi connectivity index (χ4v) is 2.73. The van der Waals surface area contributed by atoms with Gasteiger partial charge in [0.05, 0.1) is 0 Å². The van der Waals surface area contributed by atoms with E-state index in [2.05, 4.69) is 31.2 Å². The van der Waals surface area contributed by atoms with Gasteiger partial charge >= 0.3 is 0 Å². The Balaban J connectivity index is 2.16. The highest BCUT2D eigenvalue weighted by Crippen LogP contribution is 2.40. The van der Waals surface area contributed by atoms with Gasteiger partial charge in [-0.15, -0.1) is 0 Å². The minimum absolute atomic E-state index is 0.187. The maximum atomic E-state index is 9.57. The molecule has 1 nitrogen and oxygen atoms in total. The van der Waals surface area contributed by atoms with Gasteiger partial charge in [0.15, 0.2) is 0 Å². The van der Waals surface area contributed by atoms with Crippen LogP contribution in [0.3, 0.4) is 0 Å². The van der Waals surface area contributed by atoms with Gasteiger partial charge in [-0.3, -0.25) is 0 Å². The maximum Gasteiger partial charge on any atom is 0.0490 e.